The van der Waals surface area contributed by atoms with Gasteiger partial charge in [0.15, 0.2) is 9.84 Å². The zero-order valence-electron chi connectivity index (χ0n) is 14.4. The topological polar surface area (TPSA) is 91.8 Å². The van der Waals surface area contributed by atoms with Crippen molar-refractivity contribution >= 4 is 36.3 Å². The van der Waals surface area contributed by atoms with Crippen LogP contribution in [-0.4, -0.2) is 34.7 Å². The monoisotopic (exact) mass is 403 g/mol. The summed E-state index contributed by atoms with van der Waals surface area (Å²) in [5, 5.41) is 12.1. The highest BCUT2D eigenvalue weighted by atomic mass is 32.2. The van der Waals surface area contributed by atoms with Gasteiger partial charge in [-0.05, 0) is 35.2 Å². The molecule has 8 heteroatoms. The van der Waals surface area contributed by atoms with E-state index in [1.54, 1.807) is 24.3 Å². The van der Waals surface area contributed by atoms with Crippen LogP contribution in [0.5, 0.6) is 0 Å². The summed E-state index contributed by atoms with van der Waals surface area (Å²) in [5.74, 6) is 0. The number of nitrogens with zero attached hydrogens (tertiary/aromatic N) is 1. The first kappa shape index (κ1) is 18.0. The highest BCUT2D eigenvalue weighted by molar-refractivity contribution is 7.93. The van der Waals surface area contributed by atoms with Crippen LogP contribution >= 0.6 is 0 Å². The van der Waals surface area contributed by atoms with Crippen molar-refractivity contribution in [1.82, 2.24) is 0 Å². The maximum absolute atomic E-state index is 13.0. The van der Waals surface area contributed by atoms with E-state index in [0.29, 0.717) is 16.6 Å². The van der Waals surface area contributed by atoms with Crippen molar-refractivity contribution in [3.63, 3.8) is 0 Å². The number of β-amino-alcohol motifs (C(OH)–C–C–N with tert-alkyl or cyclic N) is 1. The Bertz CT molecular complexity index is 1240. The Labute approximate surface area is 157 Å². The number of sulfonamides is 1. The Balaban J connectivity index is 1.70. The maximum Gasteiger partial charge on any atom is 0.265 e. The first-order valence-corrected chi connectivity index (χ1v) is 11.6. The van der Waals surface area contributed by atoms with Crippen molar-refractivity contribution < 1.29 is 21.9 Å². The van der Waals surface area contributed by atoms with Gasteiger partial charge in [0.25, 0.3) is 10.0 Å². The highest BCUT2D eigenvalue weighted by Gasteiger charge is 2.36. The lowest BCUT2D eigenvalue weighted by Crippen LogP contribution is -2.31. The van der Waals surface area contributed by atoms with Gasteiger partial charge in [-0.25, -0.2) is 16.8 Å². The molecule has 0 saturated carbocycles. The number of anilines is 1. The molecule has 1 heterocycles. The van der Waals surface area contributed by atoms with E-state index >= 15 is 0 Å². The van der Waals surface area contributed by atoms with E-state index < -0.39 is 26.0 Å². The van der Waals surface area contributed by atoms with Gasteiger partial charge < -0.3 is 5.11 Å². The Kier molecular flexibility index (Phi) is 4.03. The molecule has 3 aromatic carbocycles. The first-order valence-electron chi connectivity index (χ1n) is 8.22. The fourth-order valence-electron chi connectivity index (χ4n) is 3.35. The van der Waals surface area contributed by atoms with Gasteiger partial charge in [-0.1, -0.05) is 36.4 Å². The van der Waals surface area contributed by atoms with Crippen molar-refractivity contribution in [2.24, 2.45) is 0 Å². The largest absolute Gasteiger partial charge is 0.387 e. The van der Waals surface area contributed by atoms with Crippen molar-refractivity contribution in [1.29, 1.82) is 0 Å². The van der Waals surface area contributed by atoms with Crippen LogP contribution in [0, 0.1) is 0 Å². The molecule has 0 saturated heterocycles. The normalized spacial score (nSPS) is 16.6. The third-order valence-electron chi connectivity index (χ3n) is 4.71. The quantitative estimate of drug-likeness (QED) is 0.723. The van der Waals surface area contributed by atoms with Gasteiger partial charge >= 0.3 is 0 Å². The minimum absolute atomic E-state index is 0.143. The molecule has 4 rings (SSSR count). The summed E-state index contributed by atoms with van der Waals surface area (Å²) < 4.78 is 50.2. The average molecular weight is 403 g/mol. The Morgan fingerprint density at radius 1 is 1.00 bits per heavy atom. The molecule has 1 aliphatic rings. The Hall–Kier alpha value is -2.42. The lowest BCUT2D eigenvalue weighted by atomic mass is 10.1. The summed E-state index contributed by atoms with van der Waals surface area (Å²) in [7, 11) is -7.09. The zero-order valence-corrected chi connectivity index (χ0v) is 16.0. The molecule has 1 atom stereocenters. The summed E-state index contributed by atoms with van der Waals surface area (Å²) in [6, 6.07) is 16.3. The third-order valence-corrected chi connectivity index (χ3v) is 7.66. The van der Waals surface area contributed by atoms with Crippen LogP contribution in [0.15, 0.2) is 70.5 Å². The second-order valence-corrected chi connectivity index (χ2v) is 10.4. The van der Waals surface area contributed by atoms with Crippen LogP contribution in [0.4, 0.5) is 5.69 Å². The molecule has 6 nitrogen and oxygen atoms in total. The van der Waals surface area contributed by atoms with Crippen LogP contribution in [0.2, 0.25) is 0 Å². The van der Waals surface area contributed by atoms with Crippen LogP contribution in [0.3, 0.4) is 0 Å². The van der Waals surface area contributed by atoms with E-state index in [4.69, 9.17) is 0 Å². The predicted molar refractivity (Wildman–Crippen MR) is 103 cm³/mol. The molecule has 0 fully saturated rings. The van der Waals surface area contributed by atoms with Gasteiger partial charge in [-0.2, -0.15) is 0 Å². The summed E-state index contributed by atoms with van der Waals surface area (Å²) >= 11 is 0. The number of hydrogen-bond donors (Lipinski definition) is 1. The number of aliphatic hydroxyl groups is 1. The van der Waals surface area contributed by atoms with E-state index in [1.807, 2.05) is 12.1 Å². The van der Waals surface area contributed by atoms with Crippen molar-refractivity contribution in [3.8, 4) is 0 Å². The van der Waals surface area contributed by atoms with Gasteiger partial charge in [-0.15, -0.1) is 0 Å². The maximum atomic E-state index is 13.0. The Morgan fingerprint density at radius 2 is 1.63 bits per heavy atom. The molecule has 27 heavy (non-hydrogen) atoms. The fourth-order valence-corrected chi connectivity index (χ4v) is 5.70. The summed E-state index contributed by atoms with van der Waals surface area (Å²) in [4.78, 5) is 0.375. The summed E-state index contributed by atoms with van der Waals surface area (Å²) in [6.45, 7) is -0.158. The van der Waals surface area contributed by atoms with Crippen molar-refractivity contribution in [3.05, 3.63) is 66.2 Å². The number of hydrogen-bond acceptors (Lipinski definition) is 5. The van der Waals surface area contributed by atoms with E-state index in [9.17, 15) is 21.9 Å². The molecule has 0 spiro atoms. The molecule has 0 aromatic heterocycles. The molecule has 3 aromatic rings. The standard InChI is InChI=1S/C19H17NO5S2/c1-26(22,23)15-10-8-13(9-11-15)17(21)12-20-16-6-2-4-14-5-3-7-18(19(14)16)27(20,24)25/h2-11,17,21H,12H2,1H3/t17-/m0/s1. The second kappa shape index (κ2) is 6.05. The molecule has 0 amide bonds. The number of sulfone groups is 1. The minimum atomic E-state index is -3.76. The lowest BCUT2D eigenvalue weighted by Gasteiger charge is -2.22. The number of rotatable bonds is 4. The van der Waals surface area contributed by atoms with Crippen LogP contribution in [-0.2, 0) is 19.9 Å². The van der Waals surface area contributed by atoms with Gasteiger partial charge in [0.2, 0.25) is 0 Å². The van der Waals surface area contributed by atoms with Gasteiger partial charge in [0.1, 0.15) is 0 Å². The van der Waals surface area contributed by atoms with E-state index in [1.165, 1.54) is 28.6 Å². The molecular weight excluding hydrogens is 386 g/mol. The molecule has 1 N–H and O–H groups in total. The number of benzene rings is 3. The van der Waals surface area contributed by atoms with E-state index in [0.717, 1.165) is 11.6 Å². The van der Waals surface area contributed by atoms with Crippen molar-refractivity contribution in [2.45, 2.75) is 15.9 Å². The molecule has 1 aliphatic heterocycles. The minimum Gasteiger partial charge on any atom is -0.387 e. The molecule has 0 radical (unpaired) electrons. The molecule has 0 aliphatic carbocycles. The molecule has 0 unspecified atom stereocenters. The molecule has 0 bridgehead atoms. The third kappa shape index (κ3) is 2.90. The second-order valence-electron chi connectivity index (χ2n) is 6.52. The van der Waals surface area contributed by atoms with Crippen LogP contribution in [0.1, 0.15) is 11.7 Å². The highest BCUT2D eigenvalue weighted by Crippen LogP contribution is 2.42. The van der Waals surface area contributed by atoms with Gasteiger partial charge in [0, 0.05) is 11.6 Å². The number of aliphatic hydroxyl groups excluding tert-OH is 1. The van der Waals surface area contributed by atoms with Crippen LogP contribution in [0.25, 0.3) is 10.8 Å². The van der Waals surface area contributed by atoms with Crippen LogP contribution < -0.4 is 4.31 Å². The van der Waals surface area contributed by atoms with Crippen molar-refractivity contribution in [2.75, 3.05) is 17.1 Å². The first-order chi connectivity index (χ1) is 12.7. The smallest absolute Gasteiger partial charge is 0.265 e. The van der Waals surface area contributed by atoms with Gasteiger partial charge in [-0.3, -0.25) is 4.31 Å². The zero-order chi connectivity index (χ0) is 19.4. The summed E-state index contributed by atoms with van der Waals surface area (Å²) in [6.07, 6.45) is 0.00517. The fraction of sp³-hybridized carbons (Fsp3) is 0.158. The average Bonchev–Trinajstić information content (AvgIpc) is 2.84. The SMILES string of the molecule is CS(=O)(=O)c1ccc([C@@H](O)CN2c3cccc4cccc(c34)S2(=O)=O)cc1. The predicted octanol–water partition coefficient (Wildman–Crippen LogP) is 2.49. The lowest BCUT2D eigenvalue weighted by molar-refractivity contribution is 0.187. The summed E-state index contributed by atoms with van der Waals surface area (Å²) in [5.41, 5.74) is 0.982. The molecule has 140 valence electrons. The van der Waals surface area contributed by atoms with Gasteiger partial charge in [0.05, 0.1) is 28.1 Å². The Morgan fingerprint density at radius 3 is 2.26 bits per heavy atom. The van der Waals surface area contributed by atoms with E-state index in [-0.39, 0.29) is 16.3 Å². The molecular formula is C19H17NO5S2. The van der Waals surface area contributed by atoms with E-state index in [2.05, 4.69) is 0 Å².